The van der Waals surface area contributed by atoms with Crippen LogP contribution < -0.4 is 10.1 Å². The maximum absolute atomic E-state index is 12.5. The second-order valence-corrected chi connectivity index (χ2v) is 6.59. The molecule has 1 aromatic carbocycles. The van der Waals surface area contributed by atoms with Gasteiger partial charge < -0.3 is 15.0 Å². The fraction of sp³-hybridized carbons (Fsp3) is 0.400. The smallest absolute Gasteiger partial charge is 0.225 e. The van der Waals surface area contributed by atoms with Crippen molar-refractivity contribution in [3.63, 3.8) is 0 Å². The Morgan fingerprint density at radius 1 is 1.30 bits per heavy atom. The van der Waals surface area contributed by atoms with Crippen LogP contribution in [0.25, 0.3) is 0 Å². The maximum Gasteiger partial charge on any atom is 0.225 e. The molecule has 1 aliphatic rings. The van der Waals surface area contributed by atoms with Gasteiger partial charge in [0.25, 0.3) is 0 Å². The number of ether oxygens (including phenoxy) is 1. The van der Waals surface area contributed by atoms with Gasteiger partial charge in [0.1, 0.15) is 12.1 Å². The minimum absolute atomic E-state index is 0.0319. The lowest BCUT2D eigenvalue weighted by Gasteiger charge is -2.32. The second-order valence-electron chi connectivity index (χ2n) is 6.59. The van der Waals surface area contributed by atoms with Crippen molar-refractivity contribution >= 4 is 11.8 Å². The second kappa shape index (κ2) is 9.12. The molecule has 27 heavy (non-hydrogen) atoms. The van der Waals surface area contributed by atoms with E-state index in [1.54, 1.807) is 24.3 Å². The van der Waals surface area contributed by atoms with Crippen molar-refractivity contribution in [3.8, 4) is 5.75 Å². The normalized spacial score (nSPS) is 16.9. The Balaban J connectivity index is 1.50. The predicted octanol–water partition coefficient (Wildman–Crippen LogP) is 1.58. The van der Waals surface area contributed by atoms with E-state index in [1.165, 1.54) is 6.33 Å². The van der Waals surface area contributed by atoms with E-state index in [0.29, 0.717) is 32.5 Å². The maximum atomic E-state index is 12.5. The predicted molar refractivity (Wildman–Crippen MR) is 99.9 cm³/mol. The molecule has 0 radical (unpaired) electrons. The molecule has 0 saturated carbocycles. The molecule has 3 rings (SSSR count). The van der Waals surface area contributed by atoms with Gasteiger partial charge in [-0.15, -0.1) is 0 Å². The van der Waals surface area contributed by atoms with Gasteiger partial charge in [-0.25, -0.2) is 9.97 Å². The summed E-state index contributed by atoms with van der Waals surface area (Å²) in [6.07, 6.45) is 4.86. The van der Waals surface area contributed by atoms with E-state index < -0.39 is 0 Å². The summed E-state index contributed by atoms with van der Waals surface area (Å²) in [4.78, 5) is 34.4. The largest absolute Gasteiger partial charge is 0.497 e. The Bertz CT molecular complexity index is 765. The van der Waals surface area contributed by atoms with Gasteiger partial charge in [0.05, 0.1) is 25.3 Å². The minimum Gasteiger partial charge on any atom is -0.497 e. The van der Waals surface area contributed by atoms with Crippen molar-refractivity contribution < 1.29 is 14.3 Å². The zero-order valence-corrected chi connectivity index (χ0v) is 15.4. The summed E-state index contributed by atoms with van der Waals surface area (Å²) in [5.74, 6) is 0.715. The lowest BCUT2D eigenvalue weighted by atomic mass is 9.96. The number of piperidine rings is 1. The van der Waals surface area contributed by atoms with Crippen LogP contribution in [0.2, 0.25) is 0 Å². The van der Waals surface area contributed by atoms with Crippen LogP contribution in [-0.2, 0) is 22.6 Å². The van der Waals surface area contributed by atoms with Gasteiger partial charge in [-0.05, 0) is 36.6 Å². The summed E-state index contributed by atoms with van der Waals surface area (Å²) >= 11 is 0. The summed E-state index contributed by atoms with van der Waals surface area (Å²) < 4.78 is 5.16. The first kappa shape index (κ1) is 18.8. The fourth-order valence-corrected chi connectivity index (χ4v) is 3.15. The van der Waals surface area contributed by atoms with Crippen molar-refractivity contribution in [1.82, 2.24) is 20.2 Å². The van der Waals surface area contributed by atoms with E-state index in [2.05, 4.69) is 15.3 Å². The number of amides is 2. The van der Waals surface area contributed by atoms with Gasteiger partial charge in [-0.2, -0.15) is 0 Å². The van der Waals surface area contributed by atoms with E-state index in [9.17, 15) is 9.59 Å². The molecule has 1 saturated heterocycles. The number of carbonyl (C=O) groups excluding carboxylic acids is 2. The van der Waals surface area contributed by atoms with Crippen LogP contribution in [0, 0.1) is 5.92 Å². The highest BCUT2D eigenvalue weighted by Gasteiger charge is 2.29. The first-order valence-corrected chi connectivity index (χ1v) is 9.09. The van der Waals surface area contributed by atoms with Gasteiger partial charge in [0, 0.05) is 25.7 Å². The Labute approximate surface area is 158 Å². The molecule has 1 fully saturated rings. The highest BCUT2D eigenvalue weighted by molar-refractivity contribution is 5.83. The molecule has 7 nitrogen and oxygen atoms in total. The van der Waals surface area contributed by atoms with E-state index in [-0.39, 0.29) is 17.7 Å². The Hall–Kier alpha value is -2.96. The van der Waals surface area contributed by atoms with Crippen LogP contribution in [0.4, 0.5) is 0 Å². The molecule has 0 spiro atoms. The molecule has 0 aliphatic carbocycles. The number of methoxy groups -OCH3 is 1. The number of rotatable bonds is 7. The molecule has 1 aliphatic heterocycles. The van der Waals surface area contributed by atoms with E-state index in [1.807, 2.05) is 24.3 Å². The van der Waals surface area contributed by atoms with Crippen LogP contribution in [0.5, 0.6) is 5.75 Å². The van der Waals surface area contributed by atoms with Gasteiger partial charge in [0.15, 0.2) is 0 Å². The Kier molecular flexibility index (Phi) is 6.35. The number of benzene rings is 1. The zero-order chi connectivity index (χ0) is 19.1. The van der Waals surface area contributed by atoms with Crippen molar-refractivity contribution in [2.45, 2.75) is 25.8 Å². The topological polar surface area (TPSA) is 84.4 Å². The Morgan fingerprint density at radius 3 is 2.81 bits per heavy atom. The van der Waals surface area contributed by atoms with E-state index >= 15 is 0 Å². The van der Waals surface area contributed by atoms with E-state index in [0.717, 1.165) is 23.4 Å². The standard InChI is InChI=1S/C20H24N4O3/c1-27-18-5-2-15(3-6-18)9-11-24-13-16(4-7-19(24)25)20(26)22-12-17-8-10-21-14-23-17/h2-3,5-6,8,10,14,16H,4,7,9,11-13H2,1H3,(H,22,26)/t16-/m1/s1. The fourth-order valence-electron chi connectivity index (χ4n) is 3.15. The molecular formula is C20H24N4O3. The van der Waals surface area contributed by atoms with Gasteiger partial charge in [-0.1, -0.05) is 12.1 Å². The number of likely N-dealkylation sites (tertiary alicyclic amines) is 1. The lowest BCUT2D eigenvalue weighted by Crippen LogP contribution is -2.46. The molecule has 1 aromatic heterocycles. The summed E-state index contributed by atoms with van der Waals surface area (Å²) in [6.45, 7) is 1.45. The molecule has 7 heteroatoms. The third-order valence-corrected chi connectivity index (χ3v) is 4.79. The molecular weight excluding hydrogens is 344 g/mol. The highest BCUT2D eigenvalue weighted by Crippen LogP contribution is 2.19. The lowest BCUT2D eigenvalue weighted by molar-refractivity contribution is -0.138. The van der Waals surface area contributed by atoms with Crippen LogP contribution in [0.3, 0.4) is 0 Å². The summed E-state index contributed by atoms with van der Waals surface area (Å²) in [5, 5.41) is 2.91. The van der Waals surface area contributed by atoms with Gasteiger partial charge in [-0.3, -0.25) is 9.59 Å². The molecule has 2 amide bonds. The molecule has 2 heterocycles. The number of nitrogens with zero attached hydrogens (tertiary/aromatic N) is 3. The van der Waals surface area contributed by atoms with Gasteiger partial charge in [0.2, 0.25) is 11.8 Å². The van der Waals surface area contributed by atoms with Crippen molar-refractivity contribution in [3.05, 3.63) is 54.1 Å². The van der Waals surface area contributed by atoms with E-state index in [4.69, 9.17) is 4.74 Å². The first-order chi connectivity index (χ1) is 13.2. The zero-order valence-electron chi connectivity index (χ0n) is 15.4. The van der Waals surface area contributed by atoms with Crippen LogP contribution in [0.15, 0.2) is 42.9 Å². The van der Waals surface area contributed by atoms with Crippen LogP contribution >= 0.6 is 0 Å². The minimum atomic E-state index is -0.180. The molecule has 1 atom stereocenters. The molecule has 142 valence electrons. The third-order valence-electron chi connectivity index (χ3n) is 4.79. The third kappa shape index (κ3) is 5.26. The molecule has 0 unspecified atom stereocenters. The molecule has 1 N–H and O–H groups in total. The average Bonchev–Trinajstić information content (AvgIpc) is 2.72. The number of nitrogens with one attached hydrogen (secondary N) is 1. The van der Waals surface area contributed by atoms with Gasteiger partial charge >= 0.3 is 0 Å². The molecule has 2 aromatic rings. The Morgan fingerprint density at radius 2 is 2.11 bits per heavy atom. The quantitative estimate of drug-likeness (QED) is 0.802. The monoisotopic (exact) mass is 368 g/mol. The summed E-state index contributed by atoms with van der Waals surface area (Å²) in [6, 6.07) is 9.59. The molecule has 0 bridgehead atoms. The number of hydrogen-bond donors (Lipinski definition) is 1. The average molecular weight is 368 g/mol. The highest BCUT2D eigenvalue weighted by atomic mass is 16.5. The number of aromatic nitrogens is 2. The first-order valence-electron chi connectivity index (χ1n) is 9.09. The summed E-state index contributed by atoms with van der Waals surface area (Å²) in [5.41, 5.74) is 1.90. The number of carbonyl (C=O) groups is 2. The van der Waals surface area contributed by atoms with Crippen LogP contribution in [0.1, 0.15) is 24.1 Å². The van der Waals surface area contributed by atoms with Crippen molar-refractivity contribution in [1.29, 1.82) is 0 Å². The van der Waals surface area contributed by atoms with Crippen molar-refractivity contribution in [2.24, 2.45) is 5.92 Å². The number of hydrogen-bond acceptors (Lipinski definition) is 5. The SMILES string of the molecule is COc1ccc(CCN2C[C@H](C(=O)NCc3ccncn3)CCC2=O)cc1. The van der Waals surface area contributed by atoms with Crippen molar-refractivity contribution in [2.75, 3.05) is 20.2 Å². The summed E-state index contributed by atoms with van der Waals surface area (Å²) in [7, 11) is 1.64. The van der Waals surface area contributed by atoms with Crippen LogP contribution in [-0.4, -0.2) is 46.9 Å².